The van der Waals surface area contributed by atoms with Crippen LogP contribution in [0.4, 0.5) is 0 Å². The molecule has 36 heavy (non-hydrogen) atoms. The van der Waals surface area contributed by atoms with E-state index in [4.69, 9.17) is 9.15 Å². The minimum Gasteiger partial charge on any atom is -0.493 e. The summed E-state index contributed by atoms with van der Waals surface area (Å²) in [6.45, 7) is 2.09. The number of benzene rings is 2. The van der Waals surface area contributed by atoms with Crippen molar-refractivity contribution in [1.29, 1.82) is 0 Å². The van der Waals surface area contributed by atoms with Gasteiger partial charge in [-0.2, -0.15) is 0 Å². The Balaban J connectivity index is 1.60. The minimum absolute atomic E-state index is 0.174. The van der Waals surface area contributed by atoms with Gasteiger partial charge in [-0.15, -0.1) is 5.10 Å². The third kappa shape index (κ3) is 4.67. The number of rotatable bonds is 11. The Hall–Kier alpha value is -4.54. The van der Waals surface area contributed by atoms with E-state index in [1.54, 1.807) is 36.4 Å². The molecule has 2 heterocycles. The molecule has 0 bridgehead atoms. The Morgan fingerprint density at radius 3 is 2.56 bits per heavy atom. The van der Waals surface area contributed by atoms with E-state index in [-0.39, 0.29) is 17.7 Å². The fourth-order valence-electron chi connectivity index (χ4n) is 3.83. The van der Waals surface area contributed by atoms with Gasteiger partial charge in [0.2, 0.25) is 0 Å². The van der Waals surface area contributed by atoms with Gasteiger partial charge in [-0.05, 0) is 43.2 Å². The number of ketones is 1. The number of carbonyl (C=O) groups excluding carboxylic acids is 1. The molecule has 0 atom stereocenters. The highest BCUT2D eigenvalue weighted by molar-refractivity contribution is 6.06. The molecule has 0 spiro atoms. The molecule has 4 rings (SSSR count). The Kier molecular flexibility index (Phi) is 6.82. The van der Waals surface area contributed by atoms with E-state index >= 15 is 0 Å². The lowest BCUT2D eigenvalue weighted by Gasteiger charge is -2.23. The molecular formula is C25H23N3O8. The fraction of sp³-hybridized carbons (Fsp3) is 0.280. The van der Waals surface area contributed by atoms with Crippen molar-refractivity contribution in [3.05, 3.63) is 64.6 Å². The number of carboxylic acid groups (broad SMARTS) is 2. The molecule has 0 saturated carbocycles. The van der Waals surface area contributed by atoms with Crippen LogP contribution in [0.3, 0.4) is 0 Å². The highest BCUT2D eigenvalue weighted by atomic mass is 16.5. The summed E-state index contributed by atoms with van der Waals surface area (Å²) in [6, 6.07) is 12.9. The van der Waals surface area contributed by atoms with Crippen molar-refractivity contribution < 1.29 is 33.8 Å². The van der Waals surface area contributed by atoms with Crippen LogP contribution in [-0.2, 0) is 16.1 Å². The smallest absolute Gasteiger partial charge is 0.321 e. The molecule has 0 fully saturated rings. The molecule has 11 heteroatoms. The molecule has 4 aromatic rings. The second kappa shape index (κ2) is 9.98. The van der Waals surface area contributed by atoms with Crippen LogP contribution in [0.5, 0.6) is 5.75 Å². The molecule has 0 unspecified atom stereocenters. The molecule has 0 aliphatic carbocycles. The average Bonchev–Trinajstić information content (AvgIpc) is 3.29. The number of carboxylic acids is 2. The van der Waals surface area contributed by atoms with Crippen LogP contribution in [0, 0.1) is 5.41 Å². The van der Waals surface area contributed by atoms with Crippen molar-refractivity contribution in [2.75, 3.05) is 6.61 Å². The molecule has 0 aliphatic heterocycles. The molecule has 2 aromatic heterocycles. The van der Waals surface area contributed by atoms with E-state index in [2.05, 4.69) is 10.3 Å². The number of aryl methyl sites for hydroxylation is 1. The van der Waals surface area contributed by atoms with Gasteiger partial charge in [-0.1, -0.05) is 24.3 Å². The largest absolute Gasteiger partial charge is 0.493 e. The summed E-state index contributed by atoms with van der Waals surface area (Å²) in [4.78, 5) is 50.0. The maximum atomic E-state index is 13.0. The van der Waals surface area contributed by atoms with Gasteiger partial charge in [-0.3, -0.25) is 19.2 Å². The second-order valence-electron chi connectivity index (χ2n) is 8.34. The van der Waals surface area contributed by atoms with Gasteiger partial charge in [0.1, 0.15) is 16.8 Å². The average molecular weight is 493 g/mol. The van der Waals surface area contributed by atoms with E-state index in [1.165, 1.54) is 12.1 Å². The number of Topliss-reactive ketones (excluding diaryl/α,β-unsaturated/α-hetero) is 1. The monoisotopic (exact) mass is 493 g/mol. The van der Waals surface area contributed by atoms with Crippen LogP contribution >= 0.6 is 0 Å². The standard InChI is InChI=1S/C25H23N3O8/c1-2-11-35-16-8-7-15-12-21(36-20(15)13-16)19(29)14-25(23(31)32,24(33)34)9-10-28-22(30)17-5-3-4-6-18(17)26-27-28/h3-8,12-13H,2,9-11,14H2,1H3,(H,31,32)(H,33,34). The molecule has 11 nitrogen and oxygen atoms in total. The second-order valence-corrected chi connectivity index (χ2v) is 8.34. The van der Waals surface area contributed by atoms with Crippen molar-refractivity contribution in [2.24, 2.45) is 5.41 Å². The van der Waals surface area contributed by atoms with Gasteiger partial charge in [0, 0.05) is 24.4 Å². The van der Waals surface area contributed by atoms with E-state index in [9.17, 15) is 29.4 Å². The zero-order valence-corrected chi connectivity index (χ0v) is 19.3. The van der Waals surface area contributed by atoms with Crippen LogP contribution in [0.1, 0.15) is 36.7 Å². The maximum absolute atomic E-state index is 13.0. The van der Waals surface area contributed by atoms with Crippen molar-refractivity contribution in [3.8, 4) is 5.75 Å². The van der Waals surface area contributed by atoms with Gasteiger partial charge < -0.3 is 19.4 Å². The van der Waals surface area contributed by atoms with Crippen molar-refractivity contribution in [1.82, 2.24) is 15.0 Å². The third-order valence-electron chi connectivity index (χ3n) is 5.90. The van der Waals surface area contributed by atoms with Crippen LogP contribution in [0.2, 0.25) is 0 Å². The lowest BCUT2D eigenvalue weighted by Crippen LogP contribution is -2.43. The molecule has 0 saturated heterocycles. The first kappa shape index (κ1) is 24.6. The predicted octanol–water partition coefficient (Wildman–Crippen LogP) is 3.15. The van der Waals surface area contributed by atoms with E-state index < -0.39 is 41.5 Å². The fourth-order valence-corrected chi connectivity index (χ4v) is 3.83. The third-order valence-corrected chi connectivity index (χ3v) is 5.90. The summed E-state index contributed by atoms with van der Waals surface area (Å²) in [5.74, 6) is -3.85. The summed E-state index contributed by atoms with van der Waals surface area (Å²) in [6.07, 6.45) is -0.651. The zero-order valence-electron chi connectivity index (χ0n) is 19.3. The number of fused-ring (bicyclic) bond motifs is 2. The highest BCUT2D eigenvalue weighted by Crippen LogP contribution is 2.32. The van der Waals surface area contributed by atoms with E-state index in [0.717, 1.165) is 11.1 Å². The number of furan rings is 1. The van der Waals surface area contributed by atoms with Gasteiger partial charge in [0.15, 0.2) is 17.0 Å². The SMILES string of the molecule is CCCOc1ccc2cc(C(=O)CC(CCn3nnc4ccccc4c3=O)(C(=O)O)C(=O)O)oc2c1. The van der Waals surface area contributed by atoms with Crippen LogP contribution in [0.25, 0.3) is 21.9 Å². The van der Waals surface area contributed by atoms with E-state index in [0.29, 0.717) is 28.8 Å². The van der Waals surface area contributed by atoms with Crippen LogP contribution < -0.4 is 10.3 Å². The molecular weight excluding hydrogens is 470 g/mol. The number of aliphatic carboxylic acids is 2. The van der Waals surface area contributed by atoms with Crippen molar-refractivity contribution in [3.63, 3.8) is 0 Å². The summed E-state index contributed by atoms with van der Waals surface area (Å²) < 4.78 is 12.0. The maximum Gasteiger partial charge on any atom is 0.321 e. The summed E-state index contributed by atoms with van der Waals surface area (Å²) in [5.41, 5.74) is -2.36. The topological polar surface area (TPSA) is 162 Å². The number of hydrogen-bond acceptors (Lipinski definition) is 8. The molecule has 0 radical (unpaired) electrons. The lowest BCUT2D eigenvalue weighted by atomic mass is 9.79. The normalized spacial score (nSPS) is 11.6. The first-order chi connectivity index (χ1) is 17.2. The van der Waals surface area contributed by atoms with Crippen LogP contribution in [0.15, 0.2) is 57.7 Å². The first-order valence-corrected chi connectivity index (χ1v) is 11.2. The molecule has 2 aromatic carbocycles. The zero-order chi connectivity index (χ0) is 25.9. The molecule has 186 valence electrons. The first-order valence-electron chi connectivity index (χ1n) is 11.2. The number of hydrogen-bond donors (Lipinski definition) is 2. The molecule has 2 N–H and O–H groups in total. The van der Waals surface area contributed by atoms with Crippen molar-refractivity contribution >= 4 is 39.6 Å². The van der Waals surface area contributed by atoms with Gasteiger partial charge >= 0.3 is 11.9 Å². The number of nitrogens with zero attached hydrogens (tertiary/aromatic N) is 3. The predicted molar refractivity (Wildman–Crippen MR) is 127 cm³/mol. The van der Waals surface area contributed by atoms with Crippen LogP contribution in [-0.4, -0.2) is 49.5 Å². The Labute approximate surface area is 203 Å². The summed E-state index contributed by atoms with van der Waals surface area (Å²) >= 11 is 0. The molecule has 0 aliphatic rings. The number of aromatic nitrogens is 3. The molecule has 0 amide bonds. The summed E-state index contributed by atoms with van der Waals surface area (Å²) in [7, 11) is 0. The van der Waals surface area contributed by atoms with E-state index in [1.807, 2.05) is 6.92 Å². The number of ether oxygens (including phenoxy) is 1. The Morgan fingerprint density at radius 1 is 1.08 bits per heavy atom. The quantitative estimate of drug-likeness (QED) is 0.234. The number of carbonyl (C=O) groups is 3. The van der Waals surface area contributed by atoms with Gasteiger partial charge in [-0.25, -0.2) is 4.68 Å². The minimum atomic E-state index is -2.52. The Bertz CT molecular complexity index is 1510. The highest BCUT2D eigenvalue weighted by Gasteiger charge is 2.48. The van der Waals surface area contributed by atoms with Gasteiger partial charge in [0.25, 0.3) is 5.56 Å². The van der Waals surface area contributed by atoms with Gasteiger partial charge in [0.05, 0.1) is 12.0 Å². The lowest BCUT2D eigenvalue weighted by molar-refractivity contribution is -0.165. The Morgan fingerprint density at radius 2 is 1.83 bits per heavy atom. The summed E-state index contributed by atoms with van der Waals surface area (Å²) in [5, 5.41) is 28.3. The van der Waals surface area contributed by atoms with Crippen molar-refractivity contribution in [2.45, 2.75) is 32.7 Å².